The predicted molar refractivity (Wildman–Crippen MR) is 111 cm³/mol. The molecule has 7 nitrogen and oxygen atoms in total. The number of hydrogen-bond acceptors (Lipinski definition) is 5. The first-order valence-electron chi connectivity index (χ1n) is 10.7. The molecule has 0 spiro atoms. The quantitative estimate of drug-likeness (QED) is 0.599. The topological polar surface area (TPSA) is 74.1 Å². The summed E-state index contributed by atoms with van der Waals surface area (Å²) < 4.78 is 64.2. The molecule has 5 rings (SSSR count). The molecule has 33 heavy (non-hydrogen) atoms. The number of alkyl halides is 2. The zero-order valence-corrected chi connectivity index (χ0v) is 18.2. The number of aromatic nitrogens is 4. The average molecular weight is 464 g/mol. The number of hydrogen-bond donors (Lipinski definition) is 1. The van der Waals surface area contributed by atoms with Gasteiger partial charge in [0, 0.05) is 43.5 Å². The molecule has 1 aromatic carbocycles. The number of nitrogens with two attached hydrogens (primary N) is 1. The van der Waals surface area contributed by atoms with Gasteiger partial charge in [-0.05, 0) is 37.6 Å². The summed E-state index contributed by atoms with van der Waals surface area (Å²) in [5.41, 5.74) is 8.61. The fourth-order valence-electron chi connectivity index (χ4n) is 4.72. The second-order valence-electron chi connectivity index (χ2n) is 8.65. The highest BCUT2D eigenvalue weighted by atomic mass is 19.3. The van der Waals surface area contributed by atoms with Gasteiger partial charge in [0.25, 0.3) is 0 Å². The second kappa shape index (κ2) is 8.23. The van der Waals surface area contributed by atoms with Crippen LogP contribution < -0.4 is 5.73 Å². The van der Waals surface area contributed by atoms with Crippen LogP contribution >= 0.6 is 0 Å². The number of nitrogens with zero attached hydrogens (tertiary/aromatic N) is 5. The molecule has 0 bridgehead atoms. The van der Waals surface area contributed by atoms with Crippen molar-refractivity contribution in [2.24, 2.45) is 12.8 Å². The van der Waals surface area contributed by atoms with Crippen molar-refractivity contribution in [3.63, 3.8) is 0 Å². The Balaban J connectivity index is 1.34. The van der Waals surface area contributed by atoms with Crippen LogP contribution in [-0.2, 0) is 24.9 Å². The molecule has 2 N–H and O–H groups in total. The molecule has 0 unspecified atom stereocenters. The Labute approximate surface area is 187 Å². The van der Waals surface area contributed by atoms with Crippen LogP contribution in [-0.4, -0.2) is 42.9 Å². The fourth-order valence-corrected chi connectivity index (χ4v) is 4.72. The molecule has 0 amide bonds. The van der Waals surface area contributed by atoms with Gasteiger partial charge in [-0.15, -0.1) is 0 Å². The van der Waals surface area contributed by atoms with Gasteiger partial charge in [-0.2, -0.15) is 13.9 Å². The number of imidazole rings is 1. The molecule has 11 heteroatoms. The molecule has 2 aliphatic heterocycles. The van der Waals surface area contributed by atoms with Gasteiger partial charge in [0.2, 0.25) is 0 Å². The minimum Gasteiger partial charge on any atom is -0.370 e. The zero-order chi connectivity index (χ0) is 23.4. The Kier molecular flexibility index (Phi) is 5.50. The number of halogens is 4. The summed E-state index contributed by atoms with van der Waals surface area (Å²) in [5, 5.41) is 4.30. The van der Waals surface area contributed by atoms with E-state index >= 15 is 0 Å². The molecule has 3 atom stereocenters. The number of fused-ring (bicyclic) bond motifs is 1. The highest BCUT2D eigenvalue weighted by Crippen LogP contribution is 2.37. The van der Waals surface area contributed by atoms with E-state index in [-0.39, 0.29) is 30.6 Å². The van der Waals surface area contributed by atoms with Gasteiger partial charge in [-0.1, -0.05) is 0 Å². The zero-order valence-electron chi connectivity index (χ0n) is 18.2. The highest BCUT2D eigenvalue weighted by Gasteiger charge is 2.39. The number of aryl methyl sites for hydroxylation is 2. The first-order valence-corrected chi connectivity index (χ1v) is 10.7. The SMILES string of the molecule is Cc1cc(-c2nc3c(n2C(F)F)CN([C@H]2CO[C@H](c4cc(F)ccc4F)[C@@H](N)C2)C3)nn1C. The van der Waals surface area contributed by atoms with Gasteiger partial charge in [-0.3, -0.25) is 14.1 Å². The normalized spacial score (nSPS) is 23.5. The van der Waals surface area contributed by atoms with Crippen molar-refractivity contribution in [2.75, 3.05) is 6.61 Å². The fraction of sp³-hybridized carbons (Fsp3) is 0.455. The van der Waals surface area contributed by atoms with E-state index in [2.05, 4.69) is 10.1 Å². The third kappa shape index (κ3) is 3.83. The minimum absolute atomic E-state index is 0.0896. The molecule has 0 radical (unpaired) electrons. The van der Waals surface area contributed by atoms with Crippen molar-refractivity contribution < 1.29 is 22.3 Å². The third-order valence-electron chi connectivity index (χ3n) is 6.52. The highest BCUT2D eigenvalue weighted by molar-refractivity contribution is 5.53. The van der Waals surface area contributed by atoms with Crippen molar-refractivity contribution >= 4 is 0 Å². The van der Waals surface area contributed by atoms with Crippen molar-refractivity contribution in [1.29, 1.82) is 0 Å². The largest absolute Gasteiger partial charge is 0.370 e. The van der Waals surface area contributed by atoms with Gasteiger partial charge in [-0.25, -0.2) is 13.8 Å². The van der Waals surface area contributed by atoms with Crippen LogP contribution in [0.2, 0.25) is 0 Å². The summed E-state index contributed by atoms with van der Waals surface area (Å²) in [6, 6.07) is 4.20. The van der Waals surface area contributed by atoms with Crippen molar-refractivity contribution in [3.8, 4) is 11.5 Å². The molecule has 1 fully saturated rings. The third-order valence-corrected chi connectivity index (χ3v) is 6.52. The van der Waals surface area contributed by atoms with E-state index in [0.29, 0.717) is 30.0 Å². The summed E-state index contributed by atoms with van der Waals surface area (Å²) in [4.78, 5) is 6.47. The van der Waals surface area contributed by atoms with Crippen LogP contribution in [0, 0.1) is 18.6 Å². The molecule has 4 heterocycles. The molecule has 0 aliphatic carbocycles. The molecular formula is C22H24F4N6O. The van der Waals surface area contributed by atoms with Crippen molar-refractivity contribution in [1.82, 2.24) is 24.2 Å². The van der Waals surface area contributed by atoms with Crippen molar-refractivity contribution in [3.05, 3.63) is 58.5 Å². The van der Waals surface area contributed by atoms with E-state index < -0.39 is 30.3 Å². The maximum Gasteiger partial charge on any atom is 0.320 e. The lowest BCUT2D eigenvalue weighted by atomic mass is 9.93. The minimum atomic E-state index is -2.76. The van der Waals surface area contributed by atoms with Crippen molar-refractivity contribution in [2.45, 2.75) is 51.2 Å². The Morgan fingerprint density at radius 3 is 2.64 bits per heavy atom. The standard InChI is InChI=1S/C22H24F4N6O/c1-11-5-17(29-30(11)2)21-28-18-8-31(9-19(18)32(21)22(25)26)13-7-16(27)20(33-10-13)14-6-12(23)3-4-15(14)24/h3-6,13,16,20,22H,7-10,27H2,1-2H3/t13-,16+,20-/m1/s1. The number of rotatable bonds is 4. The lowest BCUT2D eigenvalue weighted by Gasteiger charge is -2.38. The first-order chi connectivity index (χ1) is 15.7. The molecular weight excluding hydrogens is 440 g/mol. The summed E-state index contributed by atoms with van der Waals surface area (Å²) in [6.07, 6.45) is -0.319. The molecule has 3 aromatic rings. The molecule has 176 valence electrons. The smallest absolute Gasteiger partial charge is 0.320 e. The van der Waals surface area contributed by atoms with Crippen LogP contribution in [0.5, 0.6) is 0 Å². The van der Waals surface area contributed by atoms with Crippen LogP contribution in [0.15, 0.2) is 24.3 Å². The van der Waals surface area contributed by atoms with Gasteiger partial charge in [0.05, 0.1) is 18.0 Å². The van der Waals surface area contributed by atoms with E-state index in [1.165, 1.54) is 0 Å². The number of benzene rings is 1. The van der Waals surface area contributed by atoms with Gasteiger partial charge in [0.1, 0.15) is 23.4 Å². The lowest BCUT2D eigenvalue weighted by Crippen LogP contribution is -2.47. The number of ether oxygens (including phenoxy) is 1. The average Bonchev–Trinajstić information content (AvgIpc) is 3.42. The second-order valence-corrected chi connectivity index (χ2v) is 8.65. The summed E-state index contributed by atoms with van der Waals surface area (Å²) in [7, 11) is 1.75. The molecule has 2 aliphatic rings. The molecule has 1 saturated heterocycles. The first kappa shape index (κ1) is 22.1. The Bertz CT molecular complexity index is 1170. The van der Waals surface area contributed by atoms with E-state index in [1.807, 2.05) is 11.8 Å². The van der Waals surface area contributed by atoms with E-state index in [0.717, 1.165) is 28.5 Å². The van der Waals surface area contributed by atoms with Crippen LogP contribution in [0.25, 0.3) is 11.5 Å². The monoisotopic (exact) mass is 464 g/mol. The Hall–Kier alpha value is -2.76. The maximum absolute atomic E-state index is 14.2. The summed E-state index contributed by atoms with van der Waals surface area (Å²) in [5.74, 6) is -0.985. The van der Waals surface area contributed by atoms with Crippen LogP contribution in [0.4, 0.5) is 17.6 Å². The Morgan fingerprint density at radius 1 is 1.18 bits per heavy atom. The lowest BCUT2D eigenvalue weighted by molar-refractivity contribution is -0.0538. The van der Waals surface area contributed by atoms with E-state index in [9.17, 15) is 17.6 Å². The maximum atomic E-state index is 14.2. The summed E-state index contributed by atoms with van der Waals surface area (Å²) in [6.45, 7) is -0.0638. The predicted octanol–water partition coefficient (Wildman–Crippen LogP) is 3.44. The van der Waals surface area contributed by atoms with Gasteiger partial charge >= 0.3 is 6.55 Å². The van der Waals surface area contributed by atoms with E-state index in [1.54, 1.807) is 17.8 Å². The molecule has 0 saturated carbocycles. The Morgan fingerprint density at radius 2 is 1.97 bits per heavy atom. The summed E-state index contributed by atoms with van der Waals surface area (Å²) >= 11 is 0. The van der Waals surface area contributed by atoms with Gasteiger partial charge < -0.3 is 10.5 Å². The van der Waals surface area contributed by atoms with Gasteiger partial charge in [0.15, 0.2) is 5.82 Å². The van der Waals surface area contributed by atoms with E-state index in [4.69, 9.17) is 10.5 Å². The van der Waals surface area contributed by atoms with Crippen LogP contribution in [0.3, 0.4) is 0 Å². The molecule has 2 aromatic heterocycles. The van der Waals surface area contributed by atoms with Crippen LogP contribution in [0.1, 0.15) is 41.7 Å².